The lowest BCUT2D eigenvalue weighted by Gasteiger charge is -2.01. The molecule has 5 heteroatoms. The van der Waals surface area contributed by atoms with Crippen molar-refractivity contribution in [1.29, 1.82) is 0 Å². The number of para-hydroxylation sites is 1. The zero-order valence-corrected chi connectivity index (χ0v) is 13.3. The Morgan fingerprint density at radius 1 is 0.840 bits per heavy atom. The quantitative estimate of drug-likeness (QED) is 0.380. The Morgan fingerprint density at radius 3 is 2.44 bits per heavy atom. The molecule has 4 rings (SSSR count). The molecule has 25 heavy (non-hydrogen) atoms. The molecular formula is C20H14N4O. The van der Waals surface area contributed by atoms with Gasteiger partial charge in [-0.1, -0.05) is 54.6 Å². The van der Waals surface area contributed by atoms with Gasteiger partial charge in [0.25, 0.3) is 0 Å². The Kier molecular flexibility index (Phi) is 3.88. The van der Waals surface area contributed by atoms with Crippen LogP contribution < -0.4 is 0 Å². The number of benzene rings is 3. The maximum atomic E-state index is 11.3. The van der Waals surface area contributed by atoms with Crippen molar-refractivity contribution in [3.63, 3.8) is 0 Å². The molecule has 1 heterocycles. The molecule has 0 saturated carbocycles. The van der Waals surface area contributed by atoms with Gasteiger partial charge in [-0.25, -0.2) is 4.68 Å². The number of azo groups is 1. The molecule has 5 nitrogen and oxygen atoms in total. The molecule has 0 atom stereocenters. The number of hydrogen-bond acceptors (Lipinski definition) is 4. The summed E-state index contributed by atoms with van der Waals surface area (Å²) in [5, 5.41) is 15.0. The van der Waals surface area contributed by atoms with Crippen molar-refractivity contribution in [1.82, 2.24) is 9.78 Å². The van der Waals surface area contributed by atoms with Gasteiger partial charge in [-0.2, -0.15) is 0 Å². The number of fused-ring (bicyclic) bond motifs is 1. The number of rotatable bonds is 4. The van der Waals surface area contributed by atoms with Gasteiger partial charge in [0.1, 0.15) is 5.69 Å². The van der Waals surface area contributed by atoms with E-state index in [1.54, 1.807) is 10.7 Å². The van der Waals surface area contributed by atoms with Crippen molar-refractivity contribution in [2.45, 2.75) is 0 Å². The first-order valence-electron chi connectivity index (χ1n) is 7.85. The van der Waals surface area contributed by atoms with Crippen LogP contribution in [0.2, 0.25) is 0 Å². The van der Waals surface area contributed by atoms with Crippen molar-refractivity contribution >= 4 is 28.6 Å². The molecule has 4 aromatic rings. The molecule has 0 saturated heterocycles. The van der Waals surface area contributed by atoms with Crippen LogP contribution in [0, 0.1) is 0 Å². The van der Waals surface area contributed by atoms with Crippen LogP contribution in [0.4, 0.5) is 11.5 Å². The molecule has 0 radical (unpaired) electrons. The SMILES string of the molecule is O=Cc1cc(N=Nc2cccc3ccccc23)nn1-c1ccccc1. The summed E-state index contributed by atoms with van der Waals surface area (Å²) in [4.78, 5) is 11.3. The average molecular weight is 326 g/mol. The second-order valence-corrected chi connectivity index (χ2v) is 5.49. The minimum atomic E-state index is 0.388. The van der Waals surface area contributed by atoms with Crippen LogP contribution in [0.5, 0.6) is 0 Å². The summed E-state index contributed by atoms with van der Waals surface area (Å²) in [6.07, 6.45) is 0.761. The van der Waals surface area contributed by atoms with Gasteiger partial charge in [0.05, 0.1) is 11.4 Å². The fourth-order valence-corrected chi connectivity index (χ4v) is 2.69. The Labute approximate surface area is 144 Å². The van der Waals surface area contributed by atoms with Crippen LogP contribution in [-0.4, -0.2) is 16.1 Å². The minimum Gasteiger partial charge on any atom is -0.296 e. The van der Waals surface area contributed by atoms with Crippen LogP contribution in [0.3, 0.4) is 0 Å². The molecule has 0 spiro atoms. The Morgan fingerprint density at radius 2 is 1.60 bits per heavy atom. The van der Waals surface area contributed by atoms with E-state index >= 15 is 0 Å². The van der Waals surface area contributed by atoms with Gasteiger partial charge in [0, 0.05) is 11.5 Å². The number of carbonyl (C=O) groups is 1. The standard InChI is InChI=1S/C20H14N4O/c25-14-17-13-20(23-24(17)16-9-2-1-3-10-16)22-21-19-12-6-8-15-7-4-5-11-18(15)19/h1-14H. The van der Waals surface area contributed by atoms with E-state index in [1.807, 2.05) is 72.8 Å². The zero-order chi connectivity index (χ0) is 17.1. The second-order valence-electron chi connectivity index (χ2n) is 5.49. The van der Waals surface area contributed by atoms with Gasteiger partial charge in [-0.3, -0.25) is 4.79 Å². The van der Waals surface area contributed by atoms with Crippen LogP contribution in [0.1, 0.15) is 10.5 Å². The van der Waals surface area contributed by atoms with E-state index in [0.717, 1.165) is 28.4 Å². The second kappa shape index (κ2) is 6.49. The number of hydrogen-bond donors (Lipinski definition) is 0. The lowest BCUT2D eigenvalue weighted by Crippen LogP contribution is -2.00. The van der Waals surface area contributed by atoms with Crippen molar-refractivity contribution in [2.24, 2.45) is 10.2 Å². The monoisotopic (exact) mass is 326 g/mol. The first kappa shape index (κ1) is 15.0. The number of carbonyl (C=O) groups excluding carboxylic acids is 1. The van der Waals surface area contributed by atoms with Gasteiger partial charge in [0.15, 0.2) is 12.1 Å². The van der Waals surface area contributed by atoms with Crippen molar-refractivity contribution in [2.75, 3.05) is 0 Å². The molecule has 0 amide bonds. The van der Waals surface area contributed by atoms with Gasteiger partial charge in [-0.15, -0.1) is 15.3 Å². The third kappa shape index (κ3) is 2.95. The zero-order valence-electron chi connectivity index (χ0n) is 13.3. The van der Waals surface area contributed by atoms with Crippen molar-refractivity contribution < 1.29 is 4.79 Å². The van der Waals surface area contributed by atoms with Crippen LogP contribution in [0.15, 0.2) is 89.1 Å². The van der Waals surface area contributed by atoms with Crippen LogP contribution in [-0.2, 0) is 0 Å². The Bertz CT molecular complexity index is 1060. The molecule has 0 bridgehead atoms. The summed E-state index contributed by atoms with van der Waals surface area (Å²) in [5.41, 5.74) is 1.99. The fourth-order valence-electron chi connectivity index (χ4n) is 2.69. The van der Waals surface area contributed by atoms with Gasteiger partial charge < -0.3 is 0 Å². The Balaban J connectivity index is 1.72. The molecule has 3 aromatic carbocycles. The summed E-state index contributed by atoms with van der Waals surface area (Å²) < 4.78 is 1.56. The molecule has 0 aliphatic carbocycles. The number of aldehydes is 1. The van der Waals surface area contributed by atoms with Crippen molar-refractivity contribution in [3.8, 4) is 5.69 Å². The van der Waals surface area contributed by atoms with E-state index in [2.05, 4.69) is 15.3 Å². The summed E-state index contributed by atoms with van der Waals surface area (Å²) in [5.74, 6) is 0.388. The average Bonchev–Trinajstić information content (AvgIpc) is 3.10. The largest absolute Gasteiger partial charge is 0.296 e. The van der Waals surface area contributed by atoms with E-state index in [-0.39, 0.29) is 0 Å². The van der Waals surface area contributed by atoms with Crippen LogP contribution >= 0.6 is 0 Å². The van der Waals surface area contributed by atoms with E-state index in [9.17, 15) is 4.79 Å². The molecule has 0 aliphatic rings. The highest BCUT2D eigenvalue weighted by molar-refractivity contribution is 5.92. The lowest BCUT2D eigenvalue weighted by molar-refractivity contribution is 0.111. The molecule has 0 aliphatic heterocycles. The van der Waals surface area contributed by atoms with Crippen LogP contribution in [0.25, 0.3) is 16.5 Å². The molecular weight excluding hydrogens is 312 g/mol. The first-order chi connectivity index (χ1) is 12.3. The van der Waals surface area contributed by atoms with Gasteiger partial charge in [-0.05, 0) is 23.6 Å². The summed E-state index contributed by atoms with van der Waals surface area (Å²) >= 11 is 0. The predicted molar refractivity (Wildman–Crippen MR) is 97.1 cm³/mol. The van der Waals surface area contributed by atoms with E-state index in [0.29, 0.717) is 11.5 Å². The highest BCUT2D eigenvalue weighted by Gasteiger charge is 2.08. The lowest BCUT2D eigenvalue weighted by atomic mass is 10.1. The Hall–Kier alpha value is -3.60. The van der Waals surface area contributed by atoms with Gasteiger partial charge in [0.2, 0.25) is 0 Å². The third-order valence-corrected chi connectivity index (χ3v) is 3.87. The topological polar surface area (TPSA) is 59.6 Å². The molecule has 0 unspecified atom stereocenters. The van der Waals surface area contributed by atoms with E-state index < -0.39 is 0 Å². The third-order valence-electron chi connectivity index (χ3n) is 3.87. The fraction of sp³-hybridized carbons (Fsp3) is 0. The highest BCUT2D eigenvalue weighted by atomic mass is 16.1. The normalized spacial score (nSPS) is 11.2. The molecule has 120 valence electrons. The predicted octanol–water partition coefficient (Wildman–Crippen LogP) is 5.25. The summed E-state index contributed by atoms with van der Waals surface area (Å²) in [6, 6.07) is 24.9. The van der Waals surface area contributed by atoms with Gasteiger partial charge >= 0.3 is 0 Å². The van der Waals surface area contributed by atoms with E-state index in [4.69, 9.17) is 0 Å². The minimum absolute atomic E-state index is 0.388. The molecule has 0 N–H and O–H groups in total. The summed E-state index contributed by atoms with van der Waals surface area (Å²) in [6.45, 7) is 0. The number of nitrogens with zero attached hydrogens (tertiary/aromatic N) is 4. The maximum Gasteiger partial charge on any atom is 0.196 e. The molecule has 0 fully saturated rings. The first-order valence-corrected chi connectivity index (χ1v) is 7.85. The smallest absolute Gasteiger partial charge is 0.196 e. The van der Waals surface area contributed by atoms with E-state index in [1.165, 1.54) is 0 Å². The summed E-state index contributed by atoms with van der Waals surface area (Å²) in [7, 11) is 0. The maximum absolute atomic E-state index is 11.3. The van der Waals surface area contributed by atoms with Crippen molar-refractivity contribution in [3.05, 3.63) is 84.6 Å². The molecule has 1 aromatic heterocycles. The number of aromatic nitrogens is 2. The highest BCUT2D eigenvalue weighted by Crippen LogP contribution is 2.27.